The molecule has 0 bridgehead atoms. The number of Topliss-reactive ketones (excluding diaryl/α,β-unsaturated/α-hetero) is 1. The van der Waals surface area contributed by atoms with Gasteiger partial charge in [-0.15, -0.1) is 0 Å². The van der Waals surface area contributed by atoms with Crippen molar-refractivity contribution in [3.63, 3.8) is 0 Å². The lowest BCUT2D eigenvalue weighted by Gasteiger charge is -2.15. The number of hydrogen-bond acceptors (Lipinski definition) is 2. The molecule has 0 aliphatic heterocycles. The molecule has 110 valence electrons. The number of carbonyl (C=O) groups excluding carboxylic acids is 1. The lowest BCUT2D eigenvalue weighted by molar-refractivity contribution is 0.0816. The Kier molecular flexibility index (Phi) is 5.25. The maximum atomic E-state index is 13.5. The molecule has 1 unspecified atom stereocenters. The van der Waals surface area contributed by atoms with Crippen LogP contribution < -0.4 is 4.74 Å². The average molecular weight is 392 g/mol. The minimum Gasteiger partial charge on any atom is -0.481 e. The Bertz CT molecular complexity index is 691. The van der Waals surface area contributed by atoms with Crippen LogP contribution >= 0.6 is 39.1 Å². The third-order valence-corrected chi connectivity index (χ3v) is 3.90. The number of benzene rings is 2. The first kappa shape index (κ1) is 16.3. The third kappa shape index (κ3) is 3.96. The number of halogens is 4. The molecular weight excluding hydrogens is 382 g/mol. The average Bonchev–Trinajstić information content (AvgIpc) is 2.43. The van der Waals surface area contributed by atoms with Crippen molar-refractivity contribution in [1.82, 2.24) is 0 Å². The van der Waals surface area contributed by atoms with Gasteiger partial charge in [-0.05, 0) is 41.1 Å². The fraction of sp³-hybridized carbons (Fsp3) is 0.133. The molecular formula is C15H10BrCl2FO2. The molecule has 2 aromatic carbocycles. The molecule has 0 spiro atoms. The summed E-state index contributed by atoms with van der Waals surface area (Å²) >= 11 is 14.7. The summed E-state index contributed by atoms with van der Waals surface area (Å²) in [5.74, 6) is -0.656. The molecule has 0 aliphatic rings. The van der Waals surface area contributed by atoms with Crippen molar-refractivity contribution in [1.29, 1.82) is 0 Å². The maximum absolute atomic E-state index is 13.5. The van der Waals surface area contributed by atoms with Gasteiger partial charge in [0.25, 0.3) is 0 Å². The van der Waals surface area contributed by atoms with E-state index in [9.17, 15) is 9.18 Å². The predicted molar refractivity (Wildman–Crippen MR) is 85.0 cm³/mol. The molecule has 2 aromatic rings. The van der Waals surface area contributed by atoms with Crippen LogP contribution in [-0.2, 0) is 0 Å². The molecule has 0 saturated carbocycles. The molecule has 0 aliphatic carbocycles. The zero-order valence-electron chi connectivity index (χ0n) is 10.9. The lowest BCUT2D eigenvalue weighted by Crippen LogP contribution is -2.24. The molecule has 0 saturated heterocycles. The Labute approximate surface area is 139 Å². The standard InChI is InChI=1S/C15H10BrCl2FO2/c1-8(15(20)9-3-2-4-10(17)5-9)21-14-7-13(19)12(18)6-11(14)16/h2-8H,1H3. The molecule has 0 fully saturated rings. The highest BCUT2D eigenvalue weighted by atomic mass is 79.9. The Hall–Kier alpha value is -1.10. The van der Waals surface area contributed by atoms with Crippen LogP contribution in [0.25, 0.3) is 0 Å². The second-order valence-electron chi connectivity index (χ2n) is 4.33. The van der Waals surface area contributed by atoms with E-state index in [4.69, 9.17) is 27.9 Å². The van der Waals surface area contributed by atoms with Gasteiger partial charge in [0.1, 0.15) is 11.6 Å². The molecule has 0 amide bonds. The summed E-state index contributed by atoms with van der Waals surface area (Å²) in [6.07, 6.45) is -0.791. The van der Waals surface area contributed by atoms with Gasteiger partial charge >= 0.3 is 0 Å². The van der Waals surface area contributed by atoms with Gasteiger partial charge in [0.05, 0.1) is 9.50 Å². The molecule has 21 heavy (non-hydrogen) atoms. The van der Waals surface area contributed by atoms with E-state index in [0.29, 0.717) is 15.1 Å². The first-order valence-corrected chi connectivity index (χ1v) is 7.54. The molecule has 2 rings (SSSR count). The first-order valence-electron chi connectivity index (χ1n) is 5.99. The fourth-order valence-corrected chi connectivity index (χ4v) is 2.64. The van der Waals surface area contributed by atoms with E-state index in [2.05, 4.69) is 15.9 Å². The number of ether oxygens (including phenoxy) is 1. The van der Waals surface area contributed by atoms with Gasteiger partial charge in [0.2, 0.25) is 5.78 Å². The van der Waals surface area contributed by atoms with E-state index < -0.39 is 11.9 Å². The summed E-state index contributed by atoms with van der Waals surface area (Å²) in [6.45, 7) is 1.59. The number of hydrogen-bond donors (Lipinski definition) is 0. The van der Waals surface area contributed by atoms with Gasteiger partial charge in [0.15, 0.2) is 6.10 Å². The summed E-state index contributed by atoms with van der Waals surface area (Å²) in [6, 6.07) is 9.07. The largest absolute Gasteiger partial charge is 0.481 e. The van der Waals surface area contributed by atoms with Crippen LogP contribution in [0.1, 0.15) is 17.3 Å². The number of carbonyl (C=O) groups is 1. The third-order valence-electron chi connectivity index (χ3n) is 2.76. The molecule has 6 heteroatoms. The van der Waals surface area contributed by atoms with Crippen molar-refractivity contribution in [2.75, 3.05) is 0 Å². The topological polar surface area (TPSA) is 26.3 Å². The summed E-state index contributed by atoms with van der Waals surface area (Å²) in [5.41, 5.74) is 0.431. The van der Waals surface area contributed by atoms with Crippen LogP contribution in [0.3, 0.4) is 0 Å². The molecule has 0 radical (unpaired) electrons. The van der Waals surface area contributed by atoms with Crippen LogP contribution in [0, 0.1) is 5.82 Å². The van der Waals surface area contributed by atoms with Gasteiger partial charge in [-0.1, -0.05) is 35.3 Å². The van der Waals surface area contributed by atoms with Gasteiger partial charge in [0, 0.05) is 16.7 Å². The number of ketones is 1. The van der Waals surface area contributed by atoms with Crippen molar-refractivity contribution >= 4 is 44.9 Å². The Morgan fingerprint density at radius 3 is 2.67 bits per heavy atom. The van der Waals surface area contributed by atoms with E-state index in [-0.39, 0.29) is 16.6 Å². The fourth-order valence-electron chi connectivity index (χ4n) is 1.72. The van der Waals surface area contributed by atoms with Gasteiger partial charge < -0.3 is 4.74 Å². The van der Waals surface area contributed by atoms with Crippen LogP contribution in [0.4, 0.5) is 4.39 Å². The Morgan fingerprint density at radius 1 is 1.29 bits per heavy atom. The van der Waals surface area contributed by atoms with Gasteiger partial charge in [-0.2, -0.15) is 0 Å². The summed E-state index contributed by atoms with van der Waals surface area (Å²) in [7, 11) is 0. The summed E-state index contributed by atoms with van der Waals surface area (Å²) < 4.78 is 19.4. The van der Waals surface area contributed by atoms with E-state index in [0.717, 1.165) is 6.07 Å². The second-order valence-corrected chi connectivity index (χ2v) is 6.03. The highest BCUT2D eigenvalue weighted by Gasteiger charge is 2.19. The monoisotopic (exact) mass is 390 g/mol. The SMILES string of the molecule is CC(Oc1cc(F)c(Cl)cc1Br)C(=O)c1cccc(Cl)c1. The van der Waals surface area contributed by atoms with Crippen LogP contribution in [0.5, 0.6) is 5.75 Å². The summed E-state index contributed by atoms with van der Waals surface area (Å²) in [5, 5.41) is 0.440. The zero-order chi connectivity index (χ0) is 15.6. The van der Waals surface area contributed by atoms with Crippen molar-refractivity contribution < 1.29 is 13.9 Å². The molecule has 0 N–H and O–H groups in total. The van der Waals surface area contributed by atoms with Crippen molar-refractivity contribution in [2.45, 2.75) is 13.0 Å². The minimum absolute atomic E-state index is 0.0250. The lowest BCUT2D eigenvalue weighted by atomic mass is 10.1. The van der Waals surface area contributed by atoms with Gasteiger partial charge in [-0.3, -0.25) is 4.79 Å². The molecule has 0 aromatic heterocycles. The summed E-state index contributed by atoms with van der Waals surface area (Å²) in [4.78, 5) is 12.2. The van der Waals surface area contributed by atoms with Crippen molar-refractivity contribution in [3.05, 3.63) is 62.3 Å². The van der Waals surface area contributed by atoms with E-state index in [1.807, 2.05) is 0 Å². The number of rotatable bonds is 4. The van der Waals surface area contributed by atoms with Crippen LogP contribution in [0.15, 0.2) is 40.9 Å². The Balaban J connectivity index is 2.20. The van der Waals surface area contributed by atoms with E-state index >= 15 is 0 Å². The molecule has 2 nitrogen and oxygen atoms in total. The quantitative estimate of drug-likeness (QED) is 0.504. The zero-order valence-corrected chi connectivity index (χ0v) is 14.0. The van der Waals surface area contributed by atoms with Gasteiger partial charge in [-0.25, -0.2) is 4.39 Å². The van der Waals surface area contributed by atoms with E-state index in [1.54, 1.807) is 31.2 Å². The van der Waals surface area contributed by atoms with Crippen LogP contribution in [0.2, 0.25) is 10.0 Å². The first-order chi connectivity index (χ1) is 9.88. The predicted octanol–water partition coefficient (Wildman–Crippen LogP) is 5.55. The molecule has 0 heterocycles. The molecule has 1 atom stereocenters. The Morgan fingerprint density at radius 2 is 2.00 bits per heavy atom. The van der Waals surface area contributed by atoms with E-state index in [1.165, 1.54) is 6.07 Å². The minimum atomic E-state index is -0.791. The second kappa shape index (κ2) is 6.77. The van der Waals surface area contributed by atoms with Crippen LogP contribution in [-0.4, -0.2) is 11.9 Å². The highest BCUT2D eigenvalue weighted by Crippen LogP contribution is 2.31. The maximum Gasteiger partial charge on any atom is 0.203 e. The normalized spacial score (nSPS) is 12.0. The van der Waals surface area contributed by atoms with Crippen molar-refractivity contribution in [2.24, 2.45) is 0 Å². The van der Waals surface area contributed by atoms with Crippen molar-refractivity contribution in [3.8, 4) is 5.75 Å². The smallest absolute Gasteiger partial charge is 0.203 e. The highest BCUT2D eigenvalue weighted by molar-refractivity contribution is 9.10.